The number of ketones is 1. The van der Waals surface area contributed by atoms with Gasteiger partial charge in [-0.15, -0.1) is 0 Å². The first-order chi connectivity index (χ1) is 12.6. The van der Waals surface area contributed by atoms with Crippen LogP contribution in [-0.4, -0.2) is 30.8 Å². The van der Waals surface area contributed by atoms with E-state index in [1.165, 1.54) is 0 Å². The van der Waals surface area contributed by atoms with Crippen LogP contribution in [0, 0.1) is 0 Å². The number of carbonyl (C=O) groups is 3. The molecular weight excluding hydrogens is 334 g/mol. The number of Topliss-reactive ketones (excluding diaryl/α,β-unsaturated/α-hetero) is 1. The summed E-state index contributed by atoms with van der Waals surface area (Å²) in [4.78, 5) is 39.4. The summed E-state index contributed by atoms with van der Waals surface area (Å²) in [5.41, 5.74) is 1.21. The SMILES string of the molecule is CCCC(=O)c1cc2c(cc1N1C(=O)c3ccccc3C1=O)OCCO2. The first-order valence-corrected chi connectivity index (χ1v) is 8.56. The Kier molecular flexibility index (Phi) is 3.95. The highest BCUT2D eigenvalue weighted by Crippen LogP contribution is 2.40. The van der Waals surface area contributed by atoms with Gasteiger partial charge in [-0.2, -0.15) is 0 Å². The molecular formula is C20H17NO5. The van der Waals surface area contributed by atoms with Crippen molar-refractivity contribution in [2.75, 3.05) is 18.1 Å². The van der Waals surface area contributed by atoms with E-state index in [1.54, 1.807) is 36.4 Å². The molecule has 2 heterocycles. The maximum absolute atomic E-state index is 12.8. The fourth-order valence-corrected chi connectivity index (χ4v) is 3.26. The predicted octanol–water partition coefficient (Wildman–Crippen LogP) is 3.24. The molecule has 0 unspecified atom stereocenters. The topological polar surface area (TPSA) is 72.9 Å². The molecule has 2 aliphatic heterocycles. The number of nitrogens with zero attached hydrogens (tertiary/aromatic N) is 1. The quantitative estimate of drug-likeness (QED) is 0.624. The molecule has 0 aromatic heterocycles. The lowest BCUT2D eigenvalue weighted by Gasteiger charge is -2.23. The van der Waals surface area contributed by atoms with Gasteiger partial charge in [-0.3, -0.25) is 14.4 Å². The number of carbonyl (C=O) groups excluding carboxylic acids is 3. The summed E-state index contributed by atoms with van der Waals surface area (Å²) >= 11 is 0. The zero-order chi connectivity index (χ0) is 18.3. The minimum Gasteiger partial charge on any atom is -0.486 e. The van der Waals surface area contributed by atoms with Crippen molar-refractivity contribution in [2.45, 2.75) is 19.8 Å². The summed E-state index contributed by atoms with van der Waals surface area (Å²) in [6.07, 6.45) is 0.977. The Labute approximate surface area is 150 Å². The van der Waals surface area contributed by atoms with E-state index < -0.39 is 11.8 Å². The van der Waals surface area contributed by atoms with E-state index in [2.05, 4.69) is 0 Å². The third-order valence-electron chi connectivity index (χ3n) is 4.47. The minimum absolute atomic E-state index is 0.143. The van der Waals surface area contributed by atoms with Gasteiger partial charge in [-0.05, 0) is 24.6 Å². The lowest BCUT2D eigenvalue weighted by atomic mass is 10.0. The van der Waals surface area contributed by atoms with Crippen molar-refractivity contribution in [3.05, 3.63) is 53.1 Å². The van der Waals surface area contributed by atoms with E-state index in [0.717, 1.165) is 4.90 Å². The maximum Gasteiger partial charge on any atom is 0.266 e. The normalized spacial score (nSPS) is 15.2. The smallest absolute Gasteiger partial charge is 0.266 e. The Bertz CT molecular complexity index is 899. The highest BCUT2D eigenvalue weighted by atomic mass is 16.6. The molecule has 2 aromatic carbocycles. The molecule has 4 rings (SSSR count). The standard InChI is InChI=1S/C20H17NO5/c1-2-5-16(22)14-10-17-18(26-9-8-25-17)11-15(14)21-19(23)12-6-3-4-7-13(12)20(21)24/h3-4,6-7,10-11H,2,5,8-9H2,1H3. The second-order valence-corrected chi connectivity index (χ2v) is 6.18. The zero-order valence-electron chi connectivity index (χ0n) is 14.3. The molecule has 2 aliphatic rings. The minimum atomic E-state index is -0.437. The molecule has 0 fully saturated rings. The van der Waals surface area contributed by atoms with Gasteiger partial charge in [-0.1, -0.05) is 19.1 Å². The number of rotatable bonds is 4. The Balaban J connectivity index is 1.87. The van der Waals surface area contributed by atoms with Crippen molar-refractivity contribution in [1.29, 1.82) is 0 Å². The van der Waals surface area contributed by atoms with Gasteiger partial charge in [0, 0.05) is 18.1 Å². The molecule has 2 aromatic rings. The van der Waals surface area contributed by atoms with Crippen LogP contribution in [0.1, 0.15) is 50.8 Å². The third kappa shape index (κ3) is 2.45. The number of hydrogen-bond donors (Lipinski definition) is 0. The van der Waals surface area contributed by atoms with Crippen molar-refractivity contribution in [1.82, 2.24) is 0 Å². The van der Waals surface area contributed by atoms with E-state index in [-0.39, 0.29) is 11.5 Å². The third-order valence-corrected chi connectivity index (χ3v) is 4.47. The van der Waals surface area contributed by atoms with Gasteiger partial charge in [0.05, 0.1) is 16.8 Å². The Morgan fingerprint density at radius 1 is 1.00 bits per heavy atom. The van der Waals surface area contributed by atoms with Crippen LogP contribution in [0.25, 0.3) is 0 Å². The van der Waals surface area contributed by atoms with Crippen molar-refractivity contribution >= 4 is 23.3 Å². The summed E-state index contributed by atoms with van der Waals surface area (Å²) in [6.45, 7) is 2.66. The summed E-state index contributed by atoms with van der Waals surface area (Å²) in [5, 5.41) is 0. The van der Waals surface area contributed by atoms with Crippen LogP contribution in [0.2, 0.25) is 0 Å². The highest BCUT2D eigenvalue weighted by Gasteiger charge is 2.38. The van der Waals surface area contributed by atoms with Crippen LogP contribution >= 0.6 is 0 Å². The predicted molar refractivity (Wildman–Crippen MR) is 94.3 cm³/mol. The van der Waals surface area contributed by atoms with Gasteiger partial charge in [0.2, 0.25) is 0 Å². The summed E-state index contributed by atoms with van der Waals surface area (Å²) < 4.78 is 11.1. The van der Waals surface area contributed by atoms with E-state index >= 15 is 0 Å². The second-order valence-electron chi connectivity index (χ2n) is 6.18. The first kappa shape index (κ1) is 16.3. The van der Waals surface area contributed by atoms with Gasteiger partial charge in [-0.25, -0.2) is 4.90 Å². The number of hydrogen-bond acceptors (Lipinski definition) is 5. The molecule has 0 atom stereocenters. The van der Waals surface area contributed by atoms with E-state index in [4.69, 9.17) is 9.47 Å². The van der Waals surface area contributed by atoms with Crippen molar-refractivity contribution in [2.24, 2.45) is 0 Å². The number of imide groups is 1. The molecule has 0 saturated heterocycles. The first-order valence-electron chi connectivity index (χ1n) is 8.56. The summed E-state index contributed by atoms with van der Waals surface area (Å²) in [7, 11) is 0. The number of amides is 2. The Morgan fingerprint density at radius 2 is 1.58 bits per heavy atom. The molecule has 0 spiro atoms. The molecule has 0 saturated carbocycles. The van der Waals surface area contributed by atoms with Gasteiger partial charge in [0.1, 0.15) is 13.2 Å². The number of anilines is 1. The van der Waals surface area contributed by atoms with Crippen LogP contribution in [0.15, 0.2) is 36.4 Å². The van der Waals surface area contributed by atoms with Gasteiger partial charge in [0.15, 0.2) is 17.3 Å². The molecule has 0 N–H and O–H groups in total. The molecule has 0 aliphatic carbocycles. The molecule has 6 heteroatoms. The lowest BCUT2D eigenvalue weighted by Crippen LogP contribution is -2.31. The molecule has 6 nitrogen and oxygen atoms in total. The second kappa shape index (κ2) is 6.29. The number of ether oxygens (including phenoxy) is 2. The molecule has 0 radical (unpaired) electrons. The number of fused-ring (bicyclic) bond motifs is 2. The van der Waals surface area contributed by atoms with Crippen molar-refractivity contribution in [3.8, 4) is 11.5 Å². The van der Waals surface area contributed by atoms with Crippen LogP contribution < -0.4 is 14.4 Å². The van der Waals surface area contributed by atoms with Crippen molar-refractivity contribution in [3.63, 3.8) is 0 Å². The zero-order valence-corrected chi connectivity index (χ0v) is 14.3. The van der Waals surface area contributed by atoms with E-state index in [1.807, 2.05) is 6.92 Å². The van der Waals surface area contributed by atoms with Gasteiger partial charge >= 0.3 is 0 Å². The highest BCUT2D eigenvalue weighted by molar-refractivity contribution is 6.35. The van der Waals surface area contributed by atoms with Crippen LogP contribution in [0.3, 0.4) is 0 Å². The van der Waals surface area contributed by atoms with Crippen LogP contribution in [-0.2, 0) is 0 Å². The van der Waals surface area contributed by atoms with E-state index in [9.17, 15) is 14.4 Å². The molecule has 2 amide bonds. The van der Waals surface area contributed by atoms with Gasteiger partial charge < -0.3 is 9.47 Å². The van der Waals surface area contributed by atoms with Gasteiger partial charge in [0.25, 0.3) is 11.8 Å². The average Bonchev–Trinajstić information content (AvgIpc) is 2.92. The van der Waals surface area contributed by atoms with E-state index in [0.29, 0.717) is 54.2 Å². The number of benzene rings is 2. The fourth-order valence-electron chi connectivity index (χ4n) is 3.26. The Hall–Kier alpha value is -3.15. The van der Waals surface area contributed by atoms with Crippen LogP contribution in [0.5, 0.6) is 11.5 Å². The monoisotopic (exact) mass is 351 g/mol. The maximum atomic E-state index is 12.8. The van der Waals surface area contributed by atoms with Crippen molar-refractivity contribution < 1.29 is 23.9 Å². The average molecular weight is 351 g/mol. The molecule has 0 bridgehead atoms. The molecule has 132 valence electrons. The largest absolute Gasteiger partial charge is 0.486 e. The fraction of sp³-hybridized carbons (Fsp3) is 0.250. The molecule has 26 heavy (non-hydrogen) atoms. The van der Waals surface area contributed by atoms with Crippen LogP contribution in [0.4, 0.5) is 5.69 Å². The summed E-state index contributed by atoms with van der Waals surface area (Å²) in [6, 6.07) is 9.77. The summed E-state index contributed by atoms with van der Waals surface area (Å²) in [5.74, 6) is -0.136. The lowest BCUT2D eigenvalue weighted by molar-refractivity contribution is 0.0926. The Morgan fingerprint density at radius 3 is 2.15 bits per heavy atom.